The zero-order valence-corrected chi connectivity index (χ0v) is 20.8. The van der Waals surface area contributed by atoms with E-state index in [1.165, 1.54) is 0 Å². The summed E-state index contributed by atoms with van der Waals surface area (Å²) in [5.41, 5.74) is 8.99. The molecule has 8 nitrogen and oxygen atoms in total. The predicted octanol–water partition coefficient (Wildman–Crippen LogP) is 4.03. The topological polar surface area (TPSA) is 109 Å². The molecule has 0 fully saturated rings. The Bertz CT molecular complexity index is 1400. The minimum absolute atomic E-state index is 0.00534. The number of hydrogen-bond donors (Lipinski definition) is 1. The first-order chi connectivity index (χ1) is 17.4. The molecule has 0 amide bonds. The van der Waals surface area contributed by atoms with E-state index in [1.54, 1.807) is 24.9 Å². The van der Waals surface area contributed by atoms with Gasteiger partial charge in [-0.1, -0.05) is 18.2 Å². The first-order valence-corrected chi connectivity index (χ1v) is 11.7. The molecular weight excluding hydrogens is 458 g/mol. The van der Waals surface area contributed by atoms with Gasteiger partial charge in [0.25, 0.3) is 5.56 Å². The SMILES string of the molecule is CCOc1ccc(C2C(C#N)=C(N)Oc3cc(C)n(CCc4ccc(OC)c(OC)c4)c(=O)c32)cc1. The van der Waals surface area contributed by atoms with Crippen molar-refractivity contribution in [3.05, 3.63) is 92.7 Å². The number of ether oxygens (including phenoxy) is 4. The zero-order valence-electron chi connectivity index (χ0n) is 20.8. The van der Waals surface area contributed by atoms with E-state index in [0.29, 0.717) is 48.1 Å². The molecule has 1 aliphatic heterocycles. The predicted molar refractivity (Wildman–Crippen MR) is 136 cm³/mol. The lowest BCUT2D eigenvalue weighted by atomic mass is 9.84. The average molecular weight is 488 g/mol. The molecule has 0 saturated carbocycles. The van der Waals surface area contributed by atoms with Crippen molar-refractivity contribution in [2.45, 2.75) is 32.7 Å². The minimum atomic E-state index is -0.644. The molecule has 0 bridgehead atoms. The van der Waals surface area contributed by atoms with Crippen LogP contribution in [0.15, 0.2) is 64.8 Å². The Labute approximate surface area is 210 Å². The van der Waals surface area contributed by atoms with E-state index in [2.05, 4.69) is 6.07 Å². The van der Waals surface area contributed by atoms with Gasteiger partial charge in [-0.15, -0.1) is 0 Å². The molecule has 1 atom stereocenters. The lowest BCUT2D eigenvalue weighted by molar-refractivity contribution is 0.340. The lowest BCUT2D eigenvalue weighted by Gasteiger charge is -2.27. The Hall–Kier alpha value is -4.38. The van der Waals surface area contributed by atoms with Gasteiger partial charge in [0.2, 0.25) is 5.88 Å². The van der Waals surface area contributed by atoms with Gasteiger partial charge in [-0.25, -0.2) is 0 Å². The summed E-state index contributed by atoms with van der Waals surface area (Å²) >= 11 is 0. The summed E-state index contributed by atoms with van der Waals surface area (Å²) in [7, 11) is 3.18. The van der Waals surface area contributed by atoms with Gasteiger partial charge in [0.1, 0.15) is 23.1 Å². The van der Waals surface area contributed by atoms with Crippen LogP contribution in [0.3, 0.4) is 0 Å². The first kappa shape index (κ1) is 24.7. The van der Waals surface area contributed by atoms with Crippen molar-refractivity contribution in [3.63, 3.8) is 0 Å². The fraction of sp³-hybridized carbons (Fsp3) is 0.286. The van der Waals surface area contributed by atoms with Gasteiger partial charge >= 0.3 is 0 Å². The highest BCUT2D eigenvalue weighted by molar-refractivity contribution is 5.55. The second kappa shape index (κ2) is 10.5. The van der Waals surface area contributed by atoms with Crippen molar-refractivity contribution in [1.82, 2.24) is 4.57 Å². The third-order valence-electron chi connectivity index (χ3n) is 6.29. The highest BCUT2D eigenvalue weighted by atomic mass is 16.5. The minimum Gasteiger partial charge on any atom is -0.494 e. The van der Waals surface area contributed by atoms with Crippen LogP contribution in [-0.4, -0.2) is 25.4 Å². The van der Waals surface area contributed by atoms with Gasteiger partial charge in [0.15, 0.2) is 11.5 Å². The molecule has 0 spiro atoms. The van der Waals surface area contributed by atoms with Crippen LogP contribution < -0.4 is 30.2 Å². The fourth-order valence-corrected chi connectivity index (χ4v) is 4.50. The summed E-state index contributed by atoms with van der Waals surface area (Å²) < 4.78 is 23.7. The van der Waals surface area contributed by atoms with Crippen molar-refractivity contribution < 1.29 is 18.9 Å². The van der Waals surface area contributed by atoms with Gasteiger partial charge in [-0.3, -0.25) is 4.79 Å². The molecule has 2 N–H and O–H groups in total. The maximum Gasteiger partial charge on any atom is 0.258 e. The molecule has 1 aromatic heterocycles. The zero-order chi connectivity index (χ0) is 25.8. The van der Waals surface area contributed by atoms with Gasteiger partial charge in [0, 0.05) is 18.3 Å². The Kier molecular flexibility index (Phi) is 7.20. The number of pyridine rings is 1. The summed E-state index contributed by atoms with van der Waals surface area (Å²) in [6.45, 7) is 4.74. The van der Waals surface area contributed by atoms with Crippen LogP contribution in [-0.2, 0) is 13.0 Å². The van der Waals surface area contributed by atoms with E-state index in [9.17, 15) is 10.1 Å². The normalized spacial score (nSPS) is 14.5. The molecule has 8 heteroatoms. The number of fused-ring (bicyclic) bond motifs is 1. The molecule has 2 heterocycles. The van der Waals surface area contributed by atoms with Crippen LogP contribution in [0.2, 0.25) is 0 Å². The summed E-state index contributed by atoms with van der Waals surface area (Å²) in [5.74, 6) is 1.72. The Morgan fingerprint density at radius 3 is 2.44 bits per heavy atom. The fourth-order valence-electron chi connectivity index (χ4n) is 4.50. The van der Waals surface area contributed by atoms with Crippen molar-refractivity contribution in [2.24, 2.45) is 5.73 Å². The van der Waals surface area contributed by atoms with Crippen LogP contribution in [0.4, 0.5) is 0 Å². The maximum absolute atomic E-state index is 13.8. The molecule has 186 valence electrons. The average Bonchev–Trinajstić information content (AvgIpc) is 2.88. The van der Waals surface area contributed by atoms with Crippen molar-refractivity contribution in [1.29, 1.82) is 5.26 Å². The Morgan fingerprint density at radius 1 is 1.08 bits per heavy atom. The van der Waals surface area contributed by atoms with Crippen LogP contribution in [0.5, 0.6) is 23.0 Å². The van der Waals surface area contributed by atoms with Gasteiger partial charge < -0.3 is 29.2 Å². The van der Waals surface area contributed by atoms with Gasteiger partial charge in [-0.2, -0.15) is 5.26 Å². The number of aromatic nitrogens is 1. The standard InChI is InChI=1S/C28H29N3O5/c1-5-35-20-9-7-19(8-10-20)25-21(16-29)27(30)36-24-14-17(2)31(28(32)26(24)25)13-12-18-6-11-22(33-3)23(15-18)34-4/h6-11,14-15,25H,5,12-13,30H2,1-4H3. The number of hydrogen-bond acceptors (Lipinski definition) is 7. The molecule has 0 radical (unpaired) electrons. The third kappa shape index (κ3) is 4.60. The number of rotatable bonds is 8. The van der Waals surface area contributed by atoms with E-state index in [1.807, 2.05) is 56.3 Å². The summed E-state index contributed by atoms with van der Waals surface area (Å²) in [4.78, 5) is 13.8. The highest BCUT2D eigenvalue weighted by Gasteiger charge is 2.34. The van der Waals surface area contributed by atoms with Crippen molar-refractivity contribution in [2.75, 3.05) is 20.8 Å². The lowest BCUT2D eigenvalue weighted by Crippen LogP contribution is -2.33. The number of aryl methyl sites for hydroxylation is 2. The number of nitriles is 1. The Balaban J connectivity index is 1.74. The van der Waals surface area contributed by atoms with Gasteiger partial charge in [0.05, 0.1) is 32.3 Å². The maximum atomic E-state index is 13.8. The van der Waals surface area contributed by atoms with Crippen molar-refractivity contribution >= 4 is 0 Å². The van der Waals surface area contributed by atoms with Crippen molar-refractivity contribution in [3.8, 4) is 29.1 Å². The van der Waals surface area contributed by atoms with Crippen LogP contribution in [0.1, 0.15) is 35.2 Å². The van der Waals surface area contributed by atoms with Gasteiger partial charge in [-0.05, 0) is 55.7 Å². The van der Waals surface area contributed by atoms with E-state index >= 15 is 0 Å². The molecule has 36 heavy (non-hydrogen) atoms. The summed E-state index contributed by atoms with van der Waals surface area (Å²) in [5, 5.41) is 9.89. The van der Waals surface area contributed by atoms with E-state index in [0.717, 1.165) is 16.8 Å². The quantitative estimate of drug-likeness (QED) is 0.511. The van der Waals surface area contributed by atoms with Crippen LogP contribution >= 0.6 is 0 Å². The molecule has 3 aromatic rings. The van der Waals surface area contributed by atoms with Crippen LogP contribution in [0.25, 0.3) is 0 Å². The highest BCUT2D eigenvalue weighted by Crippen LogP contribution is 2.41. The monoisotopic (exact) mass is 487 g/mol. The molecular formula is C28H29N3O5. The van der Waals surface area contributed by atoms with E-state index < -0.39 is 5.92 Å². The molecule has 1 unspecified atom stereocenters. The molecule has 0 aliphatic carbocycles. The summed E-state index contributed by atoms with van der Waals surface area (Å²) in [6, 6.07) is 17.0. The second-order valence-corrected chi connectivity index (χ2v) is 8.39. The number of allylic oxidation sites excluding steroid dienone is 1. The smallest absolute Gasteiger partial charge is 0.258 e. The molecule has 2 aromatic carbocycles. The van der Waals surface area contributed by atoms with E-state index in [4.69, 9.17) is 24.7 Å². The number of nitrogens with zero attached hydrogens (tertiary/aromatic N) is 2. The number of benzene rings is 2. The third-order valence-corrected chi connectivity index (χ3v) is 6.29. The summed E-state index contributed by atoms with van der Waals surface area (Å²) in [6.07, 6.45) is 0.595. The van der Waals surface area contributed by atoms with Crippen LogP contribution in [0, 0.1) is 18.3 Å². The largest absolute Gasteiger partial charge is 0.494 e. The molecule has 0 saturated heterocycles. The number of nitrogens with two attached hydrogens (primary N) is 1. The Morgan fingerprint density at radius 2 is 1.81 bits per heavy atom. The molecule has 4 rings (SSSR count). The number of methoxy groups -OCH3 is 2. The second-order valence-electron chi connectivity index (χ2n) is 8.39. The molecule has 1 aliphatic rings. The van der Waals surface area contributed by atoms with E-state index in [-0.39, 0.29) is 17.0 Å². The first-order valence-electron chi connectivity index (χ1n) is 11.7.